The Bertz CT molecular complexity index is 503. The maximum absolute atomic E-state index is 13.4. The van der Waals surface area contributed by atoms with E-state index in [0.717, 1.165) is 30.5 Å². The fourth-order valence-corrected chi connectivity index (χ4v) is 3.66. The quantitative estimate of drug-likeness (QED) is 0.886. The molecule has 0 spiro atoms. The highest BCUT2D eigenvalue weighted by atomic mass is 19.1. The van der Waals surface area contributed by atoms with Gasteiger partial charge in [-0.05, 0) is 49.1 Å². The molecular formula is C15H17F2NO. The van der Waals surface area contributed by atoms with Crippen LogP contribution in [-0.4, -0.2) is 5.91 Å². The molecule has 102 valence electrons. The SMILES string of the molecule is O=C(C[C@@H]1C[C@H]2CC[C@@H]1C2)Nc1cc(F)ccc1F. The Morgan fingerprint density at radius 1 is 1.26 bits per heavy atom. The summed E-state index contributed by atoms with van der Waals surface area (Å²) >= 11 is 0. The summed E-state index contributed by atoms with van der Waals surface area (Å²) in [5.41, 5.74) is -0.0619. The first-order valence-corrected chi connectivity index (χ1v) is 6.86. The molecule has 0 heterocycles. The van der Waals surface area contributed by atoms with Crippen LogP contribution >= 0.6 is 0 Å². The highest BCUT2D eigenvalue weighted by Crippen LogP contribution is 2.49. The number of carbonyl (C=O) groups excluding carboxylic acids is 1. The summed E-state index contributed by atoms with van der Waals surface area (Å²) in [6.07, 6.45) is 5.30. The van der Waals surface area contributed by atoms with Crippen molar-refractivity contribution < 1.29 is 13.6 Å². The van der Waals surface area contributed by atoms with Gasteiger partial charge in [-0.2, -0.15) is 0 Å². The van der Waals surface area contributed by atoms with Gasteiger partial charge in [0.1, 0.15) is 11.6 Å². The van der Waals surface area contributed by atoms with Crippen LogP contribution in [0.25, 0.3) is 0 Å². The Morgan fingerprint density at radius 3 is 2.79 bits per heavy atom. The summed E-state index contributed by atoms with van der Waals surface area (Å²) < 4.78 is 26.4. The van der Waals surface area contributed by atoms with Crippen LogP contribution in [0.2, 0.25) is 0 Å². The number of rotatable bonds is 3. The average molecular weight is 265 g/mol. The maximum Gasteiger partial charge on any atom is 0.224 e. The van der Waals surface area contributed by atoms with Crippen LogP contribution in [-0.2, 0) is 4.79 Å². The van der Waals surface area contributed by atoms with Crippen molar-refractivity contribution in [2.24, 2.45) is 17.8 Å². The molecule has 1 N–H and O–H groups in total. The van der Waals surface area contributed by atoms with Crippen LogP contribution in [0.4, 0.5) is 14.5 Å². The monoisotopic (exact) mass is 265 g/mol. The Hall–Kier alpha value is -1.45. The molecule has 4 heteroatoms. The number of hydrogen-bond donors (Lipinski definition) is 1. The molecule has 2 nitrogen and oxygen atoms in total. The lowest BCUT2D eigenvalue weighted by molar-refractivity contribution is -0.117. The van der Waals surface area contributed by atoms with Crippen LogP contribution in [0.3, 0.4) is 0 Å². The second kappa shape index (κ2) is 4.91. The van der Waals surface area contributed by atoms with E-state index in [2.05, 4.69) is 5.32 Å². The third-order valence-electron chi connectivity index (χ3n) is 4.53. The van der Waals surface area contributed by atoms with Gasteiger partial charge < -0.3 is 5.32 Å². The number of amides is 1. The van der Waals surface area contributed by atoms with Gasteiger partial charge in [0, 0.05) is 12.5 Å². The number of anilines is 1. The van der Waals surface area contributed by atoms with Gasteiger partial charge in [0.15, 0.2) is 0 Å². The van der Waals surface area contributed by atoms with Gasteiger partial charge in [0.2, 0.25) is 5.91 Å². The molecule has 3 rings (SSSR count). The third-order valence-corrected chi connectivity index (χ3v) is 4.53. The van der Waals surface area contributed by atoms with Gasteiger partial charge >= 0.3 is 0 Å². The van der Waals surface area contributed by atoms with Crippen molar-refractivity contribution in [1.82, 2.24) is 0 Å². The largest absolute Gasteiger partial charge is 0.324 e. The van der Waals surface area contributed by atoms with Crippen LogP contribution in [0.5, 0.6) is 0 Å². The zero-order chi connectivity index (χ0) is 13.4. The minimum absolute atomic E-state index is 0.0619. The normalized spacial score (nSPS) is 28.6. The molecule has 1 aromatic rings. The topological polar surface area (TPSA) is 29.1 Å². The zero-order valence-corrected chi connectivity index (χ0v) is 10.7. The standard InChI is InChI=1S/C15H17F2NO/c16-12-3-4-13(17)14(8-12)18-15(19)7-11-6-9-1-2-10(11)5-9/h3-4,8-11H,1-2,5-7H2,(H,18,19)/t9-,10+,11-/m0/s1. The van der Waals surface area contributed by atoms with Crippen molar-refractivity contribution in [3.05, 3.63) is 29.8 Å². The molecule has 0 unspecified atom stereocenters. The van der Waals surface area contributed by atoms with Gasteiger partial charge in [-0.25, -0.2) is 8.78 Å². The fraction of sp³-hybridized carbons (Fsp3) is 0.533. The van der Waals surface area contributed by atoms with E-state index in [4.69, 9.17) is 0 Å². The first-order valence-electron chi connectivity index (χ1n) is 6.86. The molecule has 0 aromatic heterocycles. The Labute approximate surface area is 111 Å². The summed E-state index contributed by atoms with van der Waals surface area (Å²) in [6, 6.07) is 3.09. The molecule has 3 atom stereocenters. The van der Waals surface area contributed by atoms with Crippen LogP contribution in [0.15, 0.2) is 18.2 Å². The molecule has 0 aliphatic heterocycles. The second-order valence-corrected chi connectivity index (χ2v) is 5.81. The van der Waals surface area contributed by atoms with Gasteiger partial charge in [-0.15, -0.1) is 0 Å². The lowest BCUT2D eigenvalue weighted by Gasteiger charge is -2.20. The Morgan fingerprint density at radius 2 is 2.11 bits per heavy atom. The number of halogens is 2. The van der Waals surface area contributed by atoms with E-state index in [1.54, 1.807) is 0 Å². The minimum atomic E-state index is -0.595. The molecule has 2 aliphatic carbocycles. The molecule has 2 bridgehead atoms. The van der Waals surface area contributed by atoms with Gasteiger partial charge in [0.05, 0.1) is 5.69 Å². The molecule has 19 heavy (non-hydrogen) atoms. The second-order valence-electron chi connectivity index (χ2n) is 5.81. The van der Waals surface area contributed by atoms with Crippen LogP contribution in [0.1, 0.15) is 32.1 Å². The lowest BCUT2D eigenvalue weighted by Crippen LogP contribution is -2.20. The molecule has 1 amide bonds. The molecule has 1 aromatic carbocycles. The lowest BCUT2D eigenvalue weighted by atomic mass is 9.86. The van der Waals surface area contributed by atoms with E-state index in [1.807, 2.05) is 0 Å². The van der Waals surface area contributed by atoms with Gasteiger partial charge in [-0.1, -0.05) is 6.42 Å². The van der Waals surface area contributed by atoms with Crippen molar-refractivity contribution in [3.63, 3.8) is 0 Å². The number of carbonyl (C=O) groups is 1. The van der Waals surface area contributed by atoms with E-state index >= 15 is 0 Å². The zero-order valence-electron chi connectivity index (χ0n) is 10.7. The van der Waals surface area contributed by atoms with E-state index in [-0.39, 0.29) is 11.6 Å². The van der Waals surface area contributed by atoms with E-state index < -0.39 is 11.6 Å². The molecule has 0 radical (unpaired) electrons. The maximum atomic E-state index is 13.4. The van der Waals surface area contributed by atoms with Gasteiger partial charge in [0.25, 0.3) is 0 Å². The number of benzene rings is 1. The van der Waals surface area contributed by atoms with Crippen molar-refractivity contribution in [2.75, 3.05) is 5.32 Å². The summed E-state index contributed by atoms with van der Waals surface area (Å²) in [4.78, 5) is 11.9. The van der Waals surface area contributed by atoms with Crippen molar-refractivity contribution in [1.29, 1.82) is 0 Å². The fourth-order valence-electron chi connectivity index (χ4n) is 3.66. The Kier molecular flexibility index (Phi) is 3.25. The van der Waals surface area contributed by atoms with Crippen LogP contribution in [0, 0.1) is 29.4 Å². The first kappa shape index (κ1) is 12.6. The van der Waals surface area contributed by atoms with Crippen molar-refractivity contribution in [3.8, 4) is 0 Å². The van der Waals surface area contributed by atoms with E-state index in [0.29, 0.717) is 18.3 Å². The molecule has 0 saturated heterocycles. The summed E-state index contributed by atoms with van der Waals surface area (Å²) in [5, 5.41) is 2.48. The predicted molar refractivity (Wildman–Crippen MR) is 68.5 cm³/mol. The third kappa shape index (κ3) is 2.62. The van der Waals surface area contributed by atoms with Crippen molar-refractivity contribution in [2.45, 2.75) is 32.1 Å². The summed E-state index contributed by atoms with van der Waals surface area (Å²) in [5.74, 6) is 0.526. The highest BCUT2D eigenvalue weighted by Gasteiger charge is 2.40. The first-order chi connectivity index (χ1) is 9.11. The number of fused-ring (bicyclic) bond motifs is 2. The summed E-state index contributed by atoms with van der Waals surface area (Å²) in [7, 11) is 0. The smallest absolute Gasteiger partial charge is 0.224 e. The van der Waals surface area contributed by atoms with Crippen molar-refractivity contribution >= 4 is 11.6 Å². The molecule has 2 aliphatic rings. The molecule has 2 saturated carbocycles. The van der Waals surface area contributed by atoms with Gasteiger partial charge in [-0.3, -0.25) is 4.79 Å². The summed E-state index contributed by atoms with van der Waals surface area (Å²) in [6.45, 7) is 0. The van der Waals surface area contributed by atoms with E-state index in [1.165, 1.54) is 19.3 Å². The van der Waals surface area contributed by atoms with Crippen LogP contribution < -0.4 is 5.32 Å². The molecular weight excluding hydrogens is 248 g/mol. The van der Waals surface area contributed by atoms with E-state index in [9.17, 15) is 13.6 Å². The molecule has 2 fully saturated rings. The average Bonchev–Trinajstić information content (AvgIpc) is 2.96. The minimum Gasteiger partial charge on any atom is -0.324 e. The predicted octanol–water partition coefficient (Wildman–Crippen LogP) is 3.73. The number of nitrogens with one attached hydrogen (secondary N) is 1. The highest BCUT2D eigenvalue weighted by molar-refractivity contribution is 5.91. The Balaban J connectivity index is 1.61. The number of hydrogen-bond acceptors (Lipinski definition) is 1.